The predicted octanol–water partition coefficient (Wildman–Crippen LogP) is 4.20. The van der Waals surface area contributed by atoms with Crippen LogP contribution < -0.4 is 5.32 Å². The molecule has 0 fully saturated rings. The van der Waals surface area contributed by atoms with Crippen molar-refractivity contribution in [2.75, 3.05) is 0 Å². The molecular weight excluding hydrogens is 338 g/mol. The Morgan fingerprint density at radius 1 is 1.17 bits per heavy atom. The van der Waals surface area contributed by atoms with E-state index in [-0.39, 0.29) is 23.8 Å². The smallest absolute Gasteiger partial charge is 0.251 e. The molecule has 0 saturated heterocycles. The number of hydrogen-bond donors (Lipinski definition) is 1. The van der Waals surface area contributed by atoms with Gasteiger partial charge in [0.1, 0.15) is 17.3 Å². The molecule has 0 unspecified atom stereocenters. The van der Waals surface area contributed by atoms with E-state index in [9.17, 15) is 13.6 Å². The Morgan fingerprint density at radius 2 is 2.00 bits per heavy atom. The van der Waals surface area contributed by atoms with Crippen LogP contribution in [-0.4, -0.2) is 11.1 Å². The summed E-state index contributed by atoms with van der Waals surface area (Å²) in [5, 5.41) is 6.88. The first-order chi connectivity index (χ1) is 11.5. The summed E-state index contributed by atoms with van der Waals surface area (Å²) in [5.41, 5.74) is 0.913. The minimum atomic E-state index is -0.749. The summed E-state index contributed by atoms with van der Waals surface area (Å²) in [6.45, 7) is 0.0949. The number of nitrogens with zero attached hydrogens (tertiary/aromatic N) is 1. The molecule has 1 heterocycles. The monoisotopic (exact) mass is 348 g/mol. The third-order valence-corrected chi connectivity index (χ3v) is 3.51. The van der Waals surface area contributed by atoms with Crippen LogP contribution in [0.2, 0.25) is 5.02 Å². The number of amides is 1. The highest BCUT2D eigenvalue weighted by Gasteiger charge is 2.13. The van der Waals surface area contributed by atoms with Crippen LogP contribution in [0.4, 0.5) is 8.78 Å². The maximum atomic E-state index is 13.7. The number of hydrogen-bond acceptors (Lipinski definition) is 3. The van der Waals surface area contributed by atoms with Crippen molar-refractivity contribution in [3.63, 3.8) is 0 Å². The second-order valence-electron chi connectivity index (χ2n) is 5.00. The number of carbonyl (C=O) groups is 1. The van der Waals surface area contributed by atoms with Gasteiger partial charge in [-0.2, -0.15) is 0 Å². The summed E-state index contributed by atoms with van der Waals surface area (Å²) in [6, 6.07) is 11.1. The van der Waals surface area contributed by atoms with Gasteiger partial charge in [0.2, 0.25) is 0 Å². The van der Waals surface area contributed by atoms with Gasteiger partial charge in [0.15, 0.2) is 5.76 Å². The first-order valence-electron chi connectivity index (χ1n) is 6.98. The van der Waals surface area contributed by atoms with E-state index in [1.165, 1.54) is 12.1 Å². The third-order valence-electron chi connectivity index (χ3n) is 3.27. The molecule has 0 radical (unpaired) electrons. The number of nitrogens with one attached hydrogen (secondary N) is 1. The highest BCUT2D eigenvalue weighted by Crippen LogP contribution is 2.24. The van der Waals surface area contributed by atoms with E-state index in [1.807, 2.05) is 0 Å². The average Bonchev–Trinajstić information content (AvgIpc) is 3.01. The second kappa shape index (κ2) is 6.80. The van der Waals surface area contributed by atoms with Crippen LogP contribution in [0.15, 0.2) is 53.1 Å². The Morgan fingerprint density at radius 3 is 2.75 bits per heavy atom. The van der Waals surface area contributed by atoms with E-state index in [0.717, 1.165) is 12.1 Å². The average molecular weight is 349 g/mol. The molecule has 2 aromatic carbocycles. The zero-order chi connectivity index (χ0) is 17.1. The van der Waals surface area contributed by atoms with E-state index in [4.69, 9.17) is 16.1 Å². The highest BCUT2D eigenvalue weighted by molar-refractivity contribution is 6.30. The molecule has 4 nitrogen and oxygen atoms in total. The lowest BCUT2D eigenvalue weighted by molar-refractivity contribution is 0.0950. The Kier molecular flexibility index (Phi) is 4.57. The standard InChI is InChI=1S/C17H11ClF2N2O2/c18-11-3-1-2-10(6-11)17(23)21-9-13-8-16(24-22-13)14-5-4-12(19)7-15(14)20/h1-8H,9H2,(H,21,23). The van der Waals surface area contributed by atoms with Crippen LogP contribution in [0.3, 0.4) is 0 Å². The topological polar surface area (TPSA) is 55.1 Å². The lowest BCUT2D eigenvalue weighted by Crippen LogP contribution is -2.22. The Balaban J connectivity index is 1.69. The van der Waals surface area contributed by atoms with E-state index >= 15 is 0 Å². The van der Waals surface area contributed by atoms with Gasteiger partial charge in [0.25, 0.3) is 5.91 Å². The molecule has 0 atom stereocenters. The van der Waals surface area contributed by atoms with Gasteiger partial charge in [0, 0.05) is 22.7 Å². The van der Waals surface area contributed by atoms with E-state index < -0.39 is 11.6 Å². The molecule has 1 amide bonds. The van der Waals surface area contributed by atoms with Crippen molar-refractivity contribution in [1.82, 2.24) is 10.5 Å². The molecular formula is C17H11ClF2N2O2. The SMILES string of the molecule is O=C(NCc1cc(-c2ccc(F)cc2F)on1)c1cccc(Cl)c1. The molecule has 1 aromatic heterocycles. The van der Waals surface area contributed by atoms with Gasteiger partial charge in [-0.15, -0.1) is 0 Å². The van der Waals surface area contributed by atoms with E-state index in [2.05, 4.69) is 10.5 Å². The summed E-state index contributed by atoms with van der Waals surface area (Å²) in [6.07, 6.45) is 0. The lowest BCUT2D eigenvalue weighted by Gasteiger charge is -2.03. The number of carbonyl (C=O) groups excluding carboxylic acids is 1. The molecule has 0 bridgehead atoms. The minimum absolute atomic E-state index is 0.0938. The zero-order valence-corrected chi connectivity index (χ0v) is 13.0. The fourth-order valence-corrected chi connectivity index (χ4v) is 2.30. The fourth-order valence-electron chi connectivity index (χ4n) is 2.11. The Labute approximate surface area is 141 Å². The Hall–Kier alpha value is -2.73. The van der Waals surface area contributed by atoms with Gasteiger partial charge >= 0.3 is 0 Å². The lowest BCUT2D eigenvalue weighted by atomic mass is 10.1. The summed E-state index contributed by atoms with van der Waals surface area (Å²) in [7, 11) is 0. The molecule has 24 heavy (non-hydrogen) atoms. The fraction of sp³-hybridized carbons (Fsp3) is 0.0588. The first-order valence-corrected chi connectivity index (χ1v) is 7.35. The van der Waals surface area contributed by atoms with Gasteiger partial charge < -0.3 is 9.84 Å². The molecule has 0 aliphatic heterocycles. The quantitative estimate of drug-likeness (QED) is 0.768. The van der Waals surface area contributed by atoms with Crippen LogP contribution in [0.25, 0.3) is 11.3 Å². The van der Waals surface area contributed by atoms with E-state index in [0.29, 0.717) is 16.3 Å². The van der Waals surface area contributed by atoms with Crippen molar-refractivity contribution in [3.05, 3.63) is 76.4 Å². The highest BCUT2D eigenvalue weighted by atomic mass is 35.5. The van der Waals surface area contributed by atoms with Crippen molar-refractivity contribution in [2.45, 2.75) is 6.54 Å². The van der Waals surface area contributed by atoms with Crippen molar-refractivity contribution in [3.8, 4) is 11.3 Å². The maximum Gasteiger partial charge on any atom is 0.251 e. The zero-order valence-electron chi connectivity index (χ0n) is 12.2. The molecule has 0 aliphatic carbocycles. The summed E-state index contributed by atoms with van der Waals surface area (Å²) in [4.78, 5) is 12.0. The van der Waals surface area contributed by atoms with Gasteiger partial charge in [0.05, 0.1) is 12.1 Å². The first kappa shape index (κ1) is 16.1. The Bertz CT molecular complexity index is 896. The van der Waals surface area contributed by atoms with Crippen LogP contribution >= 0.6 is 11.6 Å². The van der Waals surface area contributed by atoms with Gasteiger partial charge in [-0.25, -0.2) is 8.78 Å². The number of halogens is 3. The van der Waals surface area contributed by atoms with Crippen molar-refractivity contribution in [1.29, 1.82) is 0 Å². The number of benzene rings is 2. The van der Waals surface area contributed by atoms with Crippen molar-refractivity contribution >= 4 is 17.5 Å². The molecule has 3 rings (SSSR count). The van der Waals surface area contributed by atoms with Crippen LogP contribution in [0, 0.1) is 11.6 Å². The maximum absolute atomic E-state index is 13.7. The largest absolute Gasteiger partial charge is 0.356 e. The van der Waals surface area contributed by atoms with Gasteiger partial charge in [-0.3, -0.25) is 4.79 Å². The molecule has 0 saturated carbocycles. The van der Waals surface area contributed by atoms with Crippen molar-refractivity contribution < 1.29 is 18.1 Å². The molecule has 1 N–H and O–H groups in total. The van der Waals surface area contributed by atoms with Gasteiger partial charge in [-0.1, -0.05) is 22.8 Å². The molecule has 0 spiro atoms. The summed E-state index contributed by atoms with van der Waals surface area (Å²) >= 11 is 5.83. The van der Waals surface area contributed by atoms with Crippen molar-refractivity contribution in [2.24, 2.45) is 0 Å². The molecule has 122 valence electrons. The van der Waals surface area contributed by atoms with Crippen LogP contribution in [-0.2, 0) is 6.54 Å². The third kappa shape index (κ3) is 3.60. The number of rotatable bonds is 4. The minimum Gasteiger partial charge on any atom is -0.356 e. The van der Waals surface area contributed by atoms with Crippen LogP contribution in [0.1, 0.15) is 16.1 Å². The number of aromatic nitrogens is 1. The molecule has 0 aliphatic rings. The van der Waals surface area contributed by atoms with E-state index in [1.54, 1.807) is 24.3 Å². The predicted molar refractivity (Wildman–Crippen MR) is 84.5 cm³/mol. The summed E-state index contributed by atoms with van der Waals surface area (Å²) < 4.78 is 31.7. The molecule has 3 aromatic rings. The summed E-state index contributed by atoms with van der Waals surface area (Å²) in [5.74, 6) is -1.60. The van der Waals surface area contributed by atoms with Crippen LogP contribution in [0.5, 0.6) is 0 Å². The van der Waals surface area contributed by atoms with Gasteiger partial charge in [-0.05, 0) is 30.3 Å². The second-order valence-corrected chi connectivity index (χ2v) is 5.44. The normalized spacial score (nSPS) is 10.6. The molecule has 7 heteroatoms.